The number of nitrogens with two attached hydrogens (primary N) is 1. The minimum Gasteiger partial charge on any atom is -0.397 e. The molecule has 0 saturated heterocycles. The van der Waals surface area contributed by atoms with Gasteiger partial charge < -0.3 is 11.1 Å². The van der Waals surface area contributed by atoms with Gasteiger partial charge in [-0.15, -0.1) is 12.4 Å². The Morgan fingerprint density at radius 3 is 2.32 bits per heavy atom. The number of hydrogen-bond donors (Lipinski definition) is 2. The summed E-state index contributed by atoms with van der Waals surface area (Å²) >= 11 is 0. The van der Waals surface area contributed by atoms with Gasteiger partial charge in [0.15, 0.2) is 0 Å². The smallest absolute Gasteiger partial charge is 0.228 e. The highest BCUT2D eigenvalue weighted by atomic mass is 35.5. The highest BCUT2D eigenvalue weighted by Crippen LogP contribution is 2.17. The van der Waals surface area contributed by atoms with Gasteiger partial charge in [0.25, 0.3) is 0 Å². The molecule has 0 unspecified atom stereocenters. The molecule has 0 aliphatic heterocycles. The molecule has 118 valence electrons. The SMILES string of the molecule is CCCCc1ccc(CC(=O)Nc2ccccc2N)cc1.Cl. The minimum absolute atomic E-state index is 0. The topological polar surface area (TPSA) is 55.1 Å². The molecule has 0 aromatic heterocycles. The fourth-order valence-corrected chi connectivity index (χ4v) is 2.20. The molecule has 0 fully saturated rings. The number of nitrogen functional groups attached to an aromatic ring is 1. The number of hydrogen-bond acceptors (Lipinski definition) is 2. The number of unbranched alkanes of at least 4 members (excludes halogenated alkanes) is 1. The van der Waals surface area contributed by atoms with E-state index < -0.39 is 0 Å². The molecule has 0 atom stereocenters. The number of benzene rings is 2. The van der Waals surface area contributed by atoms with Crippen molar-refractivity contribution in [2.24, 2.45) is 0 Å². The van der Waals surface area contributed by atoms with Crippen LogP contribution in [0.25, 0.3) is 0 Å². The maximum atomic E-state index is 12.0. The molecule has 0 saturated carbocycles. The first-order valence-electron chi connectivity index (χ1n) is 7.41. The molecule has 3 nitrogen and oxygen atoms in total. The summed E-state index contributed by atoms with van der Waals surface area (Å²) in [6, 6.07) is 15.6. The van der Waals surface area contributed by atoms with Gasteiger partial charge in [0.2, 0.25) is 5.91 Å². The van der Waals surface area contributed by atoms with Gasteiger partial charge in [-0.25, -0.2) is 0 Å². The molecule has 2 aromatic carbocycles. The molecule has 0 heterocycles. The number of amides is 1. The molecule has 0 aliphatic carbocycles. The lowest BCUT2D eigenvalue weighted by Crippen LogP contribution is -2.15. The first-order chi connectivity index (χ1) is 10.2. The largest absolute Gasteiger partial charge is 0.397 e. The van der Waals surface area contributed by atoms with Crippen molar-refractivity contribution in [1.82, 2.24) is 0 Å². The van der Waals surface area contributed by atoms with Crippen molar-refractivity contribution < 1.29 is 4.79 Å². The number of anilines is 2. The third-order valence-electron chi connectivity index (χ3n) is 3.44. The maximum absolute atomic E-state index is 12.0. The number of aryl methyl sites for hydroxylation is 1. The quantitative estimate of drug-likeness (QED) is 0.784. The summed E-state index contributed by atoms with van der Waals surface area (Å²) in [7, 11) is 0. The number of carbonyl (C=O) groups is 1. The van der Waals surface area contributed by atoms with Crippen molar-refractivity contribution in [2.45, 2.75) is 32.6 Å². The second-order valence-electron chi connectivity index (χ2n) is 5.23. The monoisotopic (exact) mass is 318 g/mol. The summed E-state index contributed by atoms with van der Waals surface area (Å²) in [6.07, 6.45) is 3.86. The van der Waals surface area contributed by atoms with Gasteiger partial charge in [0.1, 0.15) is 0 Å². The highest BCUT2D eigenvalue weighted by Gasteiger charge is 2.06. The van der Waals surface area contributed by atoms with Crippen molar-refractivity contribution in [3.8, 4) is 0 Å². The van der Waals surface area contributed by atoms with E-state index in [9.17, 15) is 4.79 Å². The lowest BCUT2D eigenvalue weighted by Gasteiger charge is -2.08. The molecule has 4 heteroatoms. The fourth-order valence-electron chi connectivity index (χ4n) is 2.20. The number of para-hydroxylation sites is 2. The molecule has 0 aliphatic rings. The van der Waals surface area contributed by atoms with Crippen LogP contribution >= 0.6 is 12.4 Å². The highest BCUT2D eigenvalue weighted by molar-refractivity contribution is 5.95. The standard InChI is InChI=1S/C18H22N2O.ClH/c1-2-3-6-14-9-11-15(12-10-14)13-18(21)20-17-8-5-4-7-16(17)19;/h4-5,7-12H,2-3,6,13,19H2,1H3,(H,20,21);1H. The van der Waals surface area contributed by atoms with Crippen LogP contribution in [0.4, 0.5) is 11.4 Å². The van der Waals surface area contributed by atoms with Crippen LogP contribution in [0.5, 0.6) is 0 Å². The van der Waals surface area contributed by atoms with Crippen LogP contribution in [0, 0.1) is 0 Å². The molecule has 22 heavy (non-hydrogen) atoms. The van der Waals surface area contributed by atoms with E-state index in [-0.39, 0.29) is 18.3 Å². The number of carbonyl (C=O) groups excluding carboxylic acids is 1. The van der Waals surface area contributed by atoms with E-state index in [1.807, 2.05) is 24.3 Å². The lowest BCUT2D eigenvalue weighted by atomic mass is 10.0. The van der Waals surface area contributed by atoms with Crippen LogP contribution in [0.2, 0.25) is 0 Å². The van der Waals surface area contributed by atoms with Crippen LogP contribution in [-0.2, 0) is 17.6 Å². The maximum Gasteiger partial charge on any atom is 0.228 e. The van der Waals surface area contributed by atoms with Gasteiger partial charge in [0.05, 0.1) is 17.8 Å². The Labute approximate surface area is 138 Å². The van der Waals surface area contributed by atoms with Crippen LogP contribution in [0.1, 0.15) is 30.9 Å². The Bertz CT molecular complexity index is 596. The summed E-state index contributed by atoms with van der Waals surface area (Å²) in [5, 5.41) is 2.84. The molecule has 0 spiro atoms. The zero-order chi connectivity index (χ0) is 15.1. The van der Waals surface area contributed by atoms with Crippen LogP contribution in [0.3, 0.4) is 0 Å². The molecular formula is C18H23ClN2O. The van der Waals surface area contributed by atoms with E-state index in [1.54, 1.807) is 12.1 Å². The molecule has 0 bridgehead atoms. The van der Waals surface area contributed by atoms with E-state index in [0.717, 1.165) is 12.0 Å². The van der Waals surface area contributed by atoms with Crippen molar-refractivity contribution in [2.75, 3.05) is 11.1 Å². The zero-order valence-corrected chi connectivity index (χ0v) is 13.7. The van der Waals surface area contributed by atoms with Crippen molar-refractivity contribution in [1.29, 1.82) is 0 Å². The van der Waals surface area contributed by atoms with Crippen LogP contribution < -0.4 is 11.1 Å². The molecule has 1 amide bonds. The first kappa shape index (κ1) is 18.1. The van der Waals surface area contributed by atoms with Gasteiger partial charge in [0, 0.05) is 0 Å². The number of halogens is 1. The van der Waals surface area contributed by atoms with Crippen LogP contribution in [-0.4, -0.2) is 5.91 Å². The Morgan fingerprint density at radius 2 is 1.68 bits per heavy atom. The zero-order valence-electron chi connectivity index (χ0n) is 12.8. The predicted octanol–water partition coefficient (Wildman–Crippen LogP) is 4.21. The first-order valence-corrected chi connectivity index (χ1v) is 7.41. The summed E-state index contributed by atoms with van der Waals surface area (Å²) in [6.45, 7) is 2.19. The van der Waals surface area contributed by atoms with Crippen LogP contribution in [0.15, 0.2) is 48.5 Å². The molecule has 0 radical (unpaired) electrons. The van der Waals surface area contributed by atoms with Crippen molar-refractivity contribution in [3.63, 3.8) is 0 Å². The molecule has 2 aromatic rings. The normalized spacial score (nSPS) is 9.86. The van der Waals surface area contributed by atoms with E-state index >= 15 is 0 Å². The molecular weight excluding hydrogens is 296 g/mol. The molecule has 2 rings (SSSR count). The minimum atomic E-state index is -0.0470. The van der Waals surface area contributed by atoms with Gasteiger partial charge in [-0.2, -0.15) is 0 Å². The summed E-state index contributed by atoms with van der Waals surface area (Å²) in [4.78, 5) is 12.0. The van der Waals surface area contributed by atoms with Gasteiger partial charge in [-0.3, -0.25) is 4.79 Å². The number of nitrogens with one attached hydrogen (secondary N) is 1. The van der Waals surface area contributed by atoms with E-state index in [1.165, 1.54) is 18.4 Å². The van der Waals surface area contributed by atoms with E-state index in [0.29, 0.717) is 17.8 Å². The Balaban J connectivity index is 0.00000242. The Kier molecular flexibility index (Phi) is 7.47. The van der Waals surface area contributed by atoms with E-state index in [2.05, 4.69) is 24.4 Å². The van der Waals surface area contributed by atoms with Crippen molar-refractivity contribution >= 4 is 29.7 Å². The van der Waals surface area contributed by atoms with E-state index in [4.69, 9.17) is 5.73 Å². The summed E-state index contributed by atoms with van der Waals surface area (Å²) < 4.78 is 0. The van der Waals surface area contributed by atoms with Gasteiger partial charge >= 0.3 is 0 Å². The average molecular weight is 319 g/mol. The third kappa shape index (κ3) is 5.41. The molecule has 3 N–H and O–H groups in total. The van der Waals surface area contributed by atoms with Gasteiger partial charge in [-0.1, -0.05) is 49.7 Å². The van der Waals surface area contributed by atoms with Crippen molar-refractivity contribution in [3.05, 3.63) is 59.7 Å². The Hall–Kier alpha value is -2.00. The van der Waals surface area contributed by atoms with Gasteiger partial charge in [-0.05, 0) is 36.1 Å². The lowest BCUT2D eigenvalue weighted by molar-refractivity contribution is -0.115. The number of rotatable bonds is 6. The summed E-state index contributed by atoms with van der Waals surface area (Å²) in [5.74, 6) is -0.0470. The average Bonchev–Trinajstić information content (AvgIpc) is 2.49. The predicted molar refractivity (Wildman–Crippen MR) is 95.5 cm³/mol. The third-order valence-corrected chi connectivity index (χ3v) is 3.44. The second-order valence-corrected chi connectivity index (χ2v) is 5.23. The Morgan fingerprint density at radius 1 is 1.05 bits per heavy atom. The second kappa shape index (κ2) is 9.11. The fraction of sp³-hybridized carbons (Fsp3) is 0.278. The summed E-state index contributed by atoms with van der Waals surface area (Å²) in [5.41, 5.74) is 9.41.